The predicted molar refractivity (Wildman–Crippen MR) is 206 cm³/mol. The Kier molecular flexibility index (Phi) is 19.5. The smallest absolute Gasteiger partial charge is 0.246 e. The van der Waals surface area contributed by atoms with Gasteiger partial charge in [-0.15, -0.1) is 0 Å². The normalized spacial score (nSPS) is 17.9. The topological polar surface area (TPSA) is 255 Å². The van der Waals surface area contributed by atoms with Gasteiger partial charge in [0.25, 0.3) is 0 Å². The molecule has 54 heavy (non-hydrogen) atoms. The van der Waals surface area contributed by atoms with E-state index in [0.29, 0.717) is 43.5 Å². The van der Waals surface area contributed by atoms with Crippen LogP contribution in [0.25, 0.3) is 0 Å². The SMILES string of the molecule is CC[C@H](C)[C@H](NC(=O)[C@H](C)NC(=O)[C@H](CCSC)NC(=O)[C@H](Cc1ccccc1)NC(=O)[C@H](CO)NC(=O)[C@@H](N)CC(C)C)C(=O)N1CCC[C@H]1C(N)=O. The van der Waals surface area contributed by atoms with Gasteiger partial charge in [-0.2, -0.15) is 11.8 Å². The second-order valence-electron chi connectivity index (χ2n) is 14.3. The Morgan fingerprint density at radius 1 is 0.852 bits per heavy atom. The highest BCUT2D eigenvalue weighted by Gasteiger charge is 2.39. The zero-order valence-electron chi connectivity index (χ0n) is 32.3. The van der Waals surface area contributed by atoms with Crippen LogP contribution < -0.4 is 38.1 Å². The number of likely N-dealkylation sites (tertiary alicyclic amines) is 1. The monoisotopic (exact) mass is 776 g/mol. The Hall–Kier alpha value is -4.22. The van der Waals surface area contributed by atoms with Crippen molar-refractivity contribution in [1.82, 2.24) is 31.5 Å². The van der Waals surface area contributed by atoms with Crippen LogP contribution in [0, 0.1) is 11.8 Å². The van der Waals surface area contributed by atoms with Crippen molar-refractivity contribution in [1.29, 1.82) is 0 Å². The number of benzene rings is 1. The molecule has 7 amide bonds. The molecule has 1 aliphatic rings. The molecule has 1 fully saturated rings. The standard InChI is InChI=1S/C37H60N8O8S/c1-7-22(4)30(37(53)45-16-11-14-29(45)31(39)47)44-32(48)23(5)40-34(50)26(15-17-54-6)41-35(51)27(19-24-12-9-8-10-13-24)42-36(52)28(20-46)43-33(49)25(38)18-21(2)3/h8-10,12-13,21-23,25-30,46H,7,11,14-20,38H2,1-6H3,(H2,39,47)(H,40,50)(H,41,51)(H,42,52)(H,43,49)(H,44,48)/t22-,23-,25-,26-,27-,28-,29-,30-/m0/s1. The van der Waals surface area contributed by atoms with Gasteiger partial charge in [-0.05, 0) is 62.0 Å². The molecule has 0 unspecified atom stereocenters. The van der Waals surface area contributed by atoms with Crippen molar-refractivity contribution in [3.63, 3.8) is 0 Å². The maximum absolute atomic E-state index is 13.8. The summed E-state index contributed by atoms with van der Waals surface area (Å²) < 4.78 is 0. The van der Waals surface area contributed by atoms with Gasteiger partial charge in [0.1, 0.15) is 36.3 Å². The molecular formula is C37H60N8O8S. The molecule has 2 rings (SSSR count). The first-order valence-electron chi connectivity index (χ1n) is 18.5. The van der Waals surface area contributed by atoms with Crippen LogP contribution in [0.3, 0.4) is 0 Å². The molecule has 0 saturated carbocycles. The fourth-order valence-corrected chi connectivity index (χ4v) is 6.51. The van der Waals surface area contributed by atoms with Gasteiger partial charge in [-0.25, -0.2) is 0 Å². The molecule has 0 spiro atoms. The largest absolute Gasteiger partial charge is 0.394 e. The van der Waals surface area contributed by atoms with Gasteiger partial charge in [-0.1, -0.05) is 64.4 Å². The maximum Gasteiger partial charge on any atom is 0.246 e. The number of aliphatic hydroxyl groups is 1. The number of aliphatic hydroxyl groups excluding tert-OH is 1. The molecule has 10 N–H and O–H groups in total. The van der Waals surface area contributed by atoms with Crippen LogP contribution in [0.15, 0.2) is 30.3 Å². The highest BCUT2D eigenvalue weighted by Crippen LogP contribution is 2.21. The second kappa shape index (κ2) is 22.9. The van der Waals surface area contributed by atoms with Gasteiger partial charge in [-0.3, -0.25) is 33.6 Å². The van der Waals surface area contributed by atoms with Gasteiger partial charge < -0.3 is 48.1 Å². The molecule has 16 nitrogen and oxygen atoms in total. The summed E-state index contributed by atoms with van der Waals surface area (Å²) in [6.07, 6.45) is 3.99. The number of nitrogens with two attached hydrogens (primary N) is 2. The number of carbonyl (C=O) groups excluding carboxylic acids is 7. The fraction of sp³-hybridized carbons (Fsp3) is 0.649. The first-order chi connectivity index (χ1) is 25.5. The van der Waals surface area contributed by atoms with Gasteiger partial charge in [0.15, 0.2) is 0 Å². The summed E-state index contributed by atoms with van der Waals surface area (Å²) >= 11 is 1.44. The summed E-state index contributed by atoms with van der Waals surface area (Å²) in [5, 5.41) is 23.1. The lowest BCUT2D eigenvalue weighted by Crippen LogP contribution is -2.60. The number of nitrogens with zero attached hydrogens (tertiary/aromatic N) is 1. The third kappa shape index (κ3) is 14.2. The van der Waals surface area contributed by atoms with Crippen molar-refractivity contribution in [2.45, 2.75) is 115 Å². The molecule has 0 aromatic heterocycles. The van der Waals surface area contributed by atoms with E-state index in [9.17, 15) is 38.7 Å². The average Bonchev–Trinajstić information content (AvgIpc) is 3.64. The molecule has 1 aromatic rings. The minimum Gasteiger partial charge on any atom is -0.394 e. The van der Waals surface area contributed by atoms with Crippen LogP contribution in [0.2, 0.25) is 0 Å². The summed E-state index contributed by atoms with van der Waals surface area (Å²) in [6.45, 7) is 8.50. The van der Waals surface area contributed by atoms with E-state index >= 15 is 0 Å². The van der Waals surface area contributed by atoms with Crippen molar-refractivity contribution in [2.24, 2.45) is 23.3 Å². The van der Waals surface area contributed by atoms with E-state index in [1.807, 2.05) is 27.0 Å². The van der Waals surface area contributed by atoms with Crippen LogP contribution in [0.4, 0.5) is 0 Å². The lowest BCUT2D eigenvalue weighted by atomic mass is 9.97. The molecule has 1 aromatic carbocycles. The quantitative estimate of drug-likeness (QED) is 0.0736. The van der Waals surface area contributed by atoms with E-state index in [1.165, 1.54) is 23.6 Å². The fourth-order valence-electron chi connectivity index (χ4n) is 6.04. The lowest BCUT2D eigenvalue weighted by molar-refractivity contribution is -0.142. The van der Waals surface area contributed by atoms with Crippen molar-refractivity contribution in [2.75, 3.05) is 25.2 Å². The molecule has 1 heterocycles. The predicted octanol–water partition coefficient (Wildman–Crippen LogP) is -0.686. The first kappa shape index (κ1) is 45.9. The van der Waals surface area contributed by atoms with Crippen molar-refractivity contribution in [3.05, 3.63) is 35.9 Å². The zero-order chi connectivity index (χ0) is 40.5. The van der Waals surface area contributed by atoms with Gasteiger partial charge >= 0.3 is 0 Å². The van der Waals surface area contributed by atoms with E-state index < -0.39 is 90.3 Å². The Bertz CT molecular complexity index is 1430. The molecule has 1 aliphatic heterocycles. The minimum absolute atomic E-state index is 0.0195. The zero-order valence-corrected chi connectivity index (χ0v) is 33.1. The number of carbonyl (C=O) groups is 7. The Labute approximate surface area is 322 Å². The van der Waals surface area contributed by atoms with E-state index in [0.717, 1.165) is 0 Å². The number of rotatable bonds is 22. The number of hydrogen-bond acceptors (Lipinski definition) is 10. The molecule has 8 atom stereocenters. The van der Waals surface area contributed by atoms with E-state index in [2.05, 4.69) is 26.6 Å². The van der Waals surface area contributed by atoms with E-state index in [4.69, 9.17) is 11.5 Å². The van der Waals surface area contributed by atoms with Gasteiger partial charge in [0.05, 0.1) is 12.6 Å². The summed E-state index contributed by atoms with van der Waals surface area (Å²) in [5.41, 5.74) is 12.2. The molecule has 17 heteroatoms. The maximum atomic E-state index is 13.8. The number of thioether (sulfide) groups is 1. The number of primary amides is 1. The molecular weight excluding hydrogens is 717 g/mol. The number of hydrogen-bond donors (Lipinski definition) is 8. The molecule has 0 radical (unpaired) electrons. The molecule has 302 valence electrons. The van der Waals surface area contributed by atoms with Crippen LogP contribution >= 0.6 is 11.8 Å². The summed E-state index contributed by atoms with van der Waals surface area (Å²) in [7, 11) is 0. The summed E-state index contributed by atoms with van der Waals surface area (Å²) in [4.78, 5) is 93.8. The number of amides is 7. The minimum atomic E-state index is -1.39. The van der Waals surface area contributed by atoms with Gasteiger partial charge in [0.2, 0.25) is 41.4 Å². The third-order valence-electron chi connectivity index (χ3n) is 9.43. The van der Waals surface area contributed by atoms with Crippen LogP contribution in [0.1, 0.15) is 72.3 Å². The molecule has 0 bridgehead atoms. The van der Waals surface area contributed by atoms with E-state index in [-0.39, 0.29) is 24.7 Å². The Balaban J connectivity index is 2.23. The number of nitrogens with one attached hydrogen (secondary N) is 5. The summed E-state index contributed by atoms with van der Waals surface area (Å²) in [6, 6.07) is 1.36. The highest BCUT2D eigenvalue weighted by molar-refractivity contribution is 7.98. The van der Waals surface area contributed by atoms with Gasteiger partial charge in [0, 0.05) is 13.0 Å². The Morgan fingerprint density at radius 2 is 1.44 bits per heavy atom. The van der Waals surface area contributed by atoms with E-state index in [1.54, 1.807) is 37.3 Å². The third-order valence-corrected chi connectivity index (χ3v) is 10.1. The second-order valence-corrected chi connectivity index (χ2v) is 15.3. The van der Waals surface area contributed by atoms with Crippen molar-refractivity contribution in [3.8, 4) is 0 Å². The van der Waals surface area contributed by atoms with Crippen molar-refractivity contribution >= 4 is 53.1 Å². The Morgan fingerprint density at radius 3 is 2.02 bits per heavy atom. The van der Waals surface area contributed by atoms with Crippen LogP contribution in [-0.2, 0) is 40.0 Å². The lowest BCUT2D eigenvalue weighted by Gasteiger charge is -2.31. The molecule has 0 aliphatic carbocycles. The highest BCUT2D eigenvalue weighted by atomic mass is 32.2. The summed E-state index contributed by atoms with van der Waals surface area (Å²) in [5.74, 6) is -4.20. The van der Waals surface area contributed by atoms with Crippen LogP contribution in [-0.4, -0.2) is 119 Å². The molecule has 1 saturated heterocycles. The first-order valence-corrected chi connectivity index (χ1v) is 19.9. The van der Waals surface area contributed by atoms with Crippen molar-refractivity contribution < 1.29 is 38.7 Å². The van der Waals surface area contributed by atoms with Crippen LogP contribution in [0.5, 0.6) is 0 Å². The average molecular weight is 777 g/mol.